The number of para-hydroxylation sites is 5. The SMILES string of the molecule is c1ccc(-c2ccc3c4c5oc6ccccc6c5ccc4n(-c4nc(-c5ccc6ccccc6c5)c5ccccc5n4)c3c2)cc1.c1ccc(-c2ccc3c4c5sc6ccccc6c5ccc4n(-c4nc(-c5ccccc5)c5ccccc5n4)c3c2)cc1.c1ccc(-c2nc(-n3c4ccccc4c4c5sc6ccccc6c5ccc43)nc3ccccc23)cc1. The van der Waals surface area contributed by atoms with Gasteiger partial charge in [-0.25, -0.2) is 29.9 Å². The maximum Gasteiger partial charge on any atom is 0.235 e. The normalized spacial score (nSPS) is 11.9. The van der Waals surface area contributed by atoms with Crippen LogP contribution in [-0.2, 0) is 0 Å². The number of aromatic nitrogens is 9. The van der Waals surface area contributed by atoms with Crippen molar-refractivity contribution in [3.63, 3.8) is 0 Å². The summed E-state index contributed by atoms with van der Waals surface area (Å²) in [6.07, 6.45) is 0. The Hall–Kier alpha value is -16.1. The summed E-state index contributed by atoms with van der Waals surface area (Å²) in [5, 5.41) is 20.0. The average molecular weight is 1620 g/mol. The summed E-state index contributed by atoms with van der Waals surface area (Å²) in [7, 11) is 0. The minimum Gasteiger partial charge on any atom is -0.455 e. The van der Waals surface area contributed by atoms with Gasteiger partial charge in [0.25, 0.3) is 0 Å². The summed E-state index contributed by atoms with van der Waals surface area (Å²) in [5.41, 5.74) is 21.7. The molecule has 0 unspecified atom stereocenters. The van der Waals surface area contributed by atoms with E-state index in [0.29, 0.717) is 17.8 Å². The zero-order valence-electron chi connectivity index (χ0n) is 66.4. The first-order valence-electron chi connectivity index (χ1n) is 41.6. The van der Waals surface area contributed by atoms with Gasteiger partial charge in [0.05, 0.1) is 72.1 Å². The number of thiophene rings is 2. The molecule has 0 atom stereocenters. The Bertz CT molecular complexity index is 9020. The van der Waals surface area contributed by atoms with Crippen LogP contribution in [0.5, 0.6) is 0 Å². The number of benzene rings is 18. The fourth-order valence-corrected chi connectivity index (χ4v) is 21.3. The molecular weight excluding hydrogens is 1550 g/mol. The number of nitrogens with zero attached hydrogens (tertiary/aromatic N) is 9. The van der Waals surface area contributed by atoms with Crippen LogP contribution in [0, 0.1) is 0 Å². The van der Waals surface area contributed by atoms with Crippen LogP contribution in [0.4, 0.5) is 0 Å². The van der Waals surface area contributed by atoms with E-state index in [-0.39, 0.29) is 0 Å². The Labute approximate surface area is 717 Å². The van der Waals surface area contributed by atoms with Crippen molar-refractivity contribution in [3.05, 3.63) is 406 Å². The van der Waals surface area contributed by atoms with Crippen LogP contribution in [0.1, 0.15) is 0 Å². The molecule has 27 aromatic rings. The van der Waals surface area contributed by atoms with Gasteiger partial charge in [0.15, 0.2) is 0 Å². The molecular formula is C112H67N9OS2. The Balaban J connectivity index is 0.000000103. The Morgan fingerprint density at radius 2 is 0.556 bits per heavy atom. The molecule has 578 valence electrons. The summed E-state index contributed by atoms with van der Waals surface area (Å²) in [6.45, 7) is 0. The lowest BCUT2D eigenvalue weighted by Crippen LogP contribution is -2.03. The van der Waals surface area contributed by atoms with Crippen LogP contribution in [0.2, 0.25) is 0 Å². The Morgan fingerprint density at radius 3 is 1.06 bits per heavy atom. The molecule has 0 aliphatic rings. The van der Waals surface area contributed by atoms with Crippen molar-refractivity contribution in [2.24, 2.45) is 0 Å². The second-order valence-electron chi connectivity index (χ2n) is 31.5. The first-order valence-corrected chi connectivity index (χ1v) is 43.3. The minimum atomic E-state index is 0.627. The van der Waals surface area contributed by atoms with Crippen LogP contribution in [0.15, 0.2) is 411 Å². The topological polar surface area (TPSA) is 105 Å². The molecule has 12 heteroatoms. The fourth-order valence-electron chi connectivity index (χ4n) is 18.7. The van der Waals surface area contributed by atoms with Crippen molar-refractivity contribution in [1.29, 1.82) is 0 Å². The second-order valence-corrected chi connectivity index (χ2v) is 33.6. The predicted octanol–water partition coefficient (Wildman–Crippen LogP) is 30.3. The summed E-state index contributed by atoms with van der Waals surface area (Å²) in [6, 6.07) is 143. The monoisotopic (exact) mass is 1620 g/mol. The van der Waals surface area contributed by atoms with E-state index in [1.54, 1.807) is 0 Å². The third-order valence-corrected chi connectivity index (χ3v) is 26.8. The summed E-state index contributed by atoms with van der Waals surface area (Å²) >= 11 is 3.73. The lowest BCUT2D eigenvalue weighted by atomic mass is 10.0. The highest BCUT2D eigenvalue weighted by Crippen LogP contribution is 2.48. The van der Waals surface area contributed by atoms with Crippen LogP contribution in [0.25, 0.3) is 245 Å². The third kappa shape index (κ3) is 11.5. The molecule has 0 aliphatic carbocycles. The average Bonchev–Trinajstić information content (AvgIpc) is 1.57. The number of rotatable bonds is 8. The molecule has 0 amide bonds. The lowest BCUT2D eigenvalue weighted by Gasteiger charge is -2.12. The molecule has 0 bridgehead atoms. The van der Waals surface area contributed by atoms with Crippen molar-refractivity contribution in [1.82, 2.24) is 43.6 Å². The quantitative estimate of drug-likeness (QED) is 0.149. The molecule has 0 spiro atoms. The van der Waals surface area contributed by atoms with Crippen molar-refractivity contribution in [2.75, 3.05) is 0 Å². The van der Waals surface area contributed by atoms with E-state index in [2.05, 4.69) is 378 Å². The van der Waals surface area contributed by atoms with Crippen molar-refractivity contribution < 1.29 is 4.42 Å². The van der Waals surface area contributed by atoms with Crippen molar-refractivity contribution in [3.8, 4) is 73.9 Å². The van der Waals surface area contributed by atoms with E-state index in [0.717, 1.165) is 143 Å². The summed E-state index contributed by atoms with van der Waals surface area (Å²) < 4.78 is 18.5. The van der Waals surface area contributed by atoms with Gasteiger partial charge in [-0.2, -0.15) is 0 Å². The first kappa shape index (κ1) is 70.9. The van der Waals surface area contributed by atoms with Gasteiger partial charge in [-0.1, -0.05) is 322 Å². The molecule has 0 radical (unpaired) electrons. The smallest absolute Gasteiger partial charge is 0.235 e. The first-order chi connectivity index (χ1) is 61.5. The largest absolute Gasteiger partial charge is 0.455 e. The highest BCUT2D eigenvalue weighted by molar-refractivity contribution is 7.27. The van der Waals surface area contributed by atoms with Gasteiger partial charge in [0, 0.05) is 111 Å². The van der Waals surface area contributed by atoms with Crippen molar-refractivity contribution >= 4 is 194 Å². The number of furan rings is 1. The lowest BCUT2D eigenvalue weighted by molar-refractivity contribution is 0.673. The van der Waals surface area contributed by atoms with E-state index >= 15 is 0 Å². The van der Waals surface area contributed by atoms with Gasteiger partial charge < -0.3 is 4.42 Å². The molecule has 9 heterocycles. The van der Waals surface area contributed by atoms with E-state index in [1.165, 1.54) is 83.8 Å². The van der Waals surface area contributed by atoms with Gasteiger partial charge in [-0.15, -0.1) is 22.7 Å². The second kappa shape index (κ2) is 28.8. The van der Waals surface area contributed by atoms with Gasteiger partial charge in [-0.05, 0) is 118 Å². The maximum absolute atomic E-state index is 6.59. The minimum absolute atomic E-state index is 0.627. The molecule has 10 nitrogen and oxygen atoms in total. The zero-order chi connectivity index (χ0) is 81.5. The van der Waals surface area contributed by atoms with Crippen LogP contribution in [-0.4, -0.2) is 43.6 Å². The standard InChI is InChI=1S/C42H25N3O.C38H23N3S.C32H19N3S/c1-2-10-26(11-3-1)29-20-21-34-37(25-29)45(36-23-22-32-31-14-7-9-17-38(31)46-41(32)39(34)36)42-43-35-16-8-6-15-33(35)40(44-42)30-19-18-27-12-4-5-13-28(27)24-30;1-3-11-24(12-4-1)26-19-20-30-33(23-26)41(32-22-21-28-27-15-8-10-18-34(27)42-37(28)35(30)32)38-39-31-17-9-7-16-29(31)36(40-38)25-13-5-2-6-14-25;1-2-10-20(11-3-1)30-23-13-4-7-15-25(23)33-32(34-30)35-26-16-8-5-14-24(26)29-27(35)19-18-22-21-12-6-9-17-28(21)36-31(22)29/h1-25H;1-23H;1-19H. The molecule has 0 aliphatic heterocycles. The molecule has 0 saturated heterocycles. The molecule has 0 saturated carbocycles. The van der Waals surface area contributed by atoms with Crippen LogP contribution >= 0.6 is 22.7 Å². The third-order valence-electron chi connectivity index (χ3n) is 24.4. The van der Waals surface area contributed by atoms with E-state index in [4.69, 9.17) is 34.3 Å². The molecule has 124 heavy (non-hydrogen) atoms. The van der Waals surface area contributed by atoms with Gasteiger partial charge in [0.1, 0.15) is 11.2 Å². The summed E-state index contributed by atoms with van der Waals surface area (Å²) in [4.78, 5) is 31.3. The molecule has 0 N–H and O–H groups in total. The van der Waals surface area contributed by atoms with Crippen LogP contribution in [0.3, 0.4) is 0 Å². The highest BCUT2D eigenvalue weighted by Gasteiger charge is 2.27. The maximum atomic E-state index is 6.59. The van der Waals surface area contributed by atoms with Crippen LogP contribution < -0.4 is 0 Å². The molecule has 27 rings (SSSR count). The molecule has 18 aromatic carbocycles. The predicted molar refractivity (Wildman–Crippen MR) is 519 cm³/mol. The van der Waals surface area contributed by atoms with Gasteiger partial charge >= 0.3 is 0 Å². The fraction of sp³-hybridized carbons (Fsp3) is 0. The molecule has 9 aromatic heterocycles. The van der Waals surface area contributed by atoms with E-state index in [1.807, 2.05) is 65.1 Å². The zero-order valence-corrected chi connectivity index (χ0v) is 68.1. The number of hydrogen-bond acceptors (Lipinski definition) is 9. The number of hydrogen-bond donors (Lipinski definition) is 0. The highest BCUT2D eigenvalue weighted by atomic mass is 32.1. The summed E-state index contributed by atoms with van der Waals surface area (Å²) in [5.74, 6) is 2.00. The molecule has 0 fully saturated rings. The Morgan fingerprint density at radius 1 is 0.202 bits per heavy atom. The van der Waals surface area contributed by atoms with Gasteiger partial charge in [-0.3, -0.25) is 13.7 Å². The van der Waals surface area contributed by atoms with Gasteiger partial charge in [0.2, 0.25) is 17.8 Å². The number of fused-ring (bicyclic) bond motifs is 25. The Kier molecular flexibility index (Phi) is 16.5. The van der Waals surface area contributed by atoms with E-state index in [9.17, 15) is 0 Å². The van der Waals surface area contributed by atoms with Crippen molar-refractivity contribution in [2.45, 2.75) is 0 Å². The van der Waals surface area contributed by atoms with E-state index < -0.39 is 0 Å².